The second-order valence-corrected chi connectivity index (χ2v) is 11.9. The van der Waals surface area contributed by atoms with E-state index in [1.807, 2.05) is 65.0 Å². The van der Waals surface area contributed by atoms with Gasteiger partial charge in [0.25, 0.3) is 5.91 Å². The first-order chi connectivity index (χ1) is 21.0. The van der Waals surface area contributed by atoms with Crippen LogP contribution in [0.5, 0.6) is 11.6 Å². The number of pyridine rings is 1. The van der Waals surface area contributed by atoms with Crippen LogP contribution in [0.1, 0.15) is 88.2 Å². The number of anilines is 2. The lowest BCUT2D eigenvalue weighted by molar-refractivity contribution is -0.115. The molecule has 9 heteroatoms. The van der Waals surface area contributed by atoms with E-state index in [-0.39, 0.29) is 11.8 Å². The SMILES string of the molecule is C#CC(C)(C)c1cccc(C(=O)Nc2ccc(C)c(Oc3ccc4nc(NC(=O)CC)sc4n3)c2)c1.CCCC(F)CCC. The number of rotatable bonds is 11. The van der Waals surface area contributed by atoms with Crippen LogP contribution in [0.2, 0.25) is 0 Å². The first-order valence-corrected chi connectivity index (χ1v) is 15.7. The number of carbonyl (C=O) groups excluding carboxylic acids is 2. The summed E-state index contributed by atoms with van der Waals surface area (Å²) in [4.78, 5) is 34.1. The lowest BCUT2D eigenvalue weighted by Gasteiger charge is -2.18. The number of amides is 2. The van der Waals surface area contributed by atoms with E-state index in [0.29, 0.717) is 44.8 Å². The number of halogens is 1. The molecule has 0 saturated heterocycles. The Balaban J connectivity index is 0.000000583. The molecule has 2 amide bonds. The number of ether oxygens (including phenoxy) is 1. The lowest BCUT2D eigenvalue weighted by atomic mass is 9.85. The summed E-state index contributed by atoms with van der Waals surface area (Å²) in [6.45, 7) is 11.6. The number of benzene rings is 2. The van der Waals surface area contributed by atoms with Gasteiger partial charge < -0.3 is 15.4 Å². The van der Waals surface area contributed by atoms with Gasteiger partial charge in [0.05, 0.1) is 5.41 Å². The molecule has 232 valence electrons. The maximum absolute atomic E-state index is 12.9. The van der Waals surface area contributed by atoms with E-state index in [0.717, 1.165) is 36.8 Å². The van der Waals surface area contributed by atoms with Gasteiger partial charge in [0, 0.05) is 29.8 Å². The van der Waals surface area contributed by atoms with Crippen molar-refractivity contribution in [3.63, 3.8) is 0 Å². The minimum absolute atomic E-state index is 0.105. The van der Waals surface area contributed by atoms with Gasteiger partial charge in [0.1, 0.15) is 22.3 Å². The lowest BCUT2D eigenvalue weighted by Crippen LogP contribution is -2.17. The number of terminal acetylenes is 1. The molecule has 0 saturated carbocycles. The summed E-state index contributed by atoms with van der Waals surface area (Å²) < 4.78 is 18.4. The molecular formula is C35H41FN4O3S. The van der Waals surface area contributed by atoms with Crippen LogP contribution in [-0.4, -0.2) is 28.0 Å². The Bertz CT molecular complexity index is 1620. The number of thiazole rings is 1. The van der Waals surface area contributed by atoms with Crippen molar-refractivity contribution in [3.05, 3.63) is 71.3 Å². The Morgan fingerprint density at radius 1 is 1.02 bits per heavy atom. The topological polar surface area (TPSA) is 93.2 Å². The summed E-state index contributed by atoms with van der Waals surface area (Å²) in [6, 6.07) is 16.3. The molecule has 2 aromatic heterocycles. The second-order valence-electron chi connectivity index (χ2n) is 11.0. The maximum Gasteiger partial charge on any atom is 0.255 e. The van der Waals surface area contributed by atoms with E-state index in [2.05, 4.69) is 26.5 Å². The van der Waals surface area contributed by atoms with Crippen LogP contribution in [0, 0.1) is 19.3 Å². The number of hydrogen-bond acceptors (Lipinski definition) is 6. The van der Waals surface area contributed by atoms with E-state index < -0.39 is 11.6 Å². The highest BCUT2D eigenvalue weighted by atomic mass is 32.1. The van der Waals surface area contributed by atoms with E-state index in [1.54, 1.807) is 31.2 Å². The second kappa shape index (κ2) is 16.0. The number of carbonyl (C=O) groups is 2. The van der Waals surface area contributed by atoms with Crippen molar-refractivity contribution in [1.82, 2.24) is 9.97 Å². The molecule has 0 radical (unpaired) electrons. The normalized spacial score (nSPS) is 11.0. The molecule has 0 atom stereocenters. The summed E-state index contributed by atoms with van der Waals surface area (Å²) in [7, 11) is 0. The first kappa shape index (κ1) is 34.2. The summed E-state index contributed by atoms with van der Waals surface area (Å²) in [5.74, 6) is 3.35. The summed E-state index contributed by atoms with van der Waals surface area (Å²) in [5.41, 5.74) is 3.08. The Labute approximate surface area is 263 Å². The van der Waals surface area contributed by atoms with Crippen LogP contribution in [0.4, 0.5) is 15.2 Å². The third kappa shape index (κ3) is 9.61. The monoisotopic (exact) mass is 616 g/mol. The van der Waals surface area contributed by atoms with Crippen molar-refractivity contribution in [3.8, 4) is 24.0 Å². The molecule has 0 spiro atoms. The Morgan fingerprint density at radius 2 is 1.75 bits per heavy atom. The van der Waals surface area contributed by atoms with Crippen LogP contribution in [0.25, 0.3) is 10.3 Å². The molecule has 2 aromatic carbocycles. The van der Waals surface area contributed by atoms with Crippen LogP contribution in [-0.2, 0) is 10.2 Å². The van der Waals surface area contributed by atoms with Crippen LogP contribution in [0.3, 0.4) is 0 Å². The zero-order chi connectivity index (χ0) is 32.3. The Kier molecular flexibility index (Phi) is 12.4. The highest BCUT2D eigenvalue weighted by molar-refractivity contribution is 7.21. The molecule has 0 fully saturated rings. The fourth-order valence-corrected chi connectivity index (χ4v) is 4.97. The molecule has 0 aliphatic heterocycles. The third-order valence-electron chi connectivity index (χ3n) is 6.87. The standard InChI is InChI=1S/C28H26N4O3S.C7H15F/c1-6-23(33)31-27-30-21-13-14-24(32-26(21)36-27)35-22-16-20(12-11-17(22)3)29-25(34)18-9-8-10-19(15-18)28(4,5)7-2;1-3-5-7(8)6-4-2/h2,8-16H,6H2,1,3-5H3,(H,29,34)(H,30,31,33);7H,3-6H2,1-2H3. The Morgan fingerprint density at radius 3 is 2.41 bits per heavy atom. The number of nitrogens with zero attached hydrogens (tertiary/aromatic N) is 2. The van der Waals surface area contributed by atoms with Crippen LogP contribution in [0.15, 0.2) is 54.6 Å². The van der Waals surface area contributed by atoms with E-state index in [1.165, 1.54) is 11.3 Å². The molecule has 7 nitrogen and oxygen atoms in total. The quantitative estimate of drug-likeness (QED) is 0.164. The van der Waals surface area contributed by atoms with Gasteiger partial charge in [-0.25, -0.2) is 14.4 Å². The van der Waals surface area contributed by atoms with Crippen molar-refractivity contribution in [2.45, 2.75) is 85.2 Å². The van der Waals surface area contributed by atoms with Gasteiger partial charge >= 0.3 is 0 Å². The van der Waals surface area contributed by atoms with E-state index in [4.69, 9.17) is 11.2 Å². The Hall–Kier alpha value is -4.29. The maximum atomic E-state index is 12.9. The first-order valence-electron chi connectivity index (χ1n) is 14.9. The zero-order valence-electron chi connectivity index (χ0n) is 26.3. The van der Waals surface area contributed by atoms with Gasteiger partial charge in [0.2, 0.25) is 11.8 Å². The highest BCUT2D eigenvalue weighted by Crippen LogP contribution is 2.31. The van der Waals surface area contributed by atoms with Crippen molar-refractivity contribution >= 4 is 44.3 Å². The molecule has 2 heterocycles. The molecule has 4 rings (SSSR count). The number of aryl methyl sites for hydroxylation is 1. The average molecular weight is 617 g/mol. The van der Waals surface area contributed by atoms with Gasteiger partial charge in [-0.2, -0.15) is 0 Å². The highest BCUT2D eigenvalue weighted by Gasteiger charge is 2.19. The van der Waals surface area contributed by atoms with E-state index >= 15 is 0 Å². The molecule has 0 aliphatic carbocycles. The van der Waals surface area contributed by atoms with Crippen molar-refractivity contribution < 1.29 is 18.7 Å². The minimum atomic E-state index is -0.537. The zero-order valence-corrected chi connectivity index (χ0v) is 27.1. The number of aromatic nitrogens is 2. The summed E-state index contributed by atoms with van der Waals surface area (Å²) in [5, 5.41) is 6.17. The van der Waals surface area contributed by atoms with Gasteiger partial charge in [-0.3, -0.25) is 9.59 Å². The number of hydrogen-bond donors (Lipinski definition) is 2. The number of alkyl halides is 1. The fourth-order valence-electron chi connectivity index (χ4n) is 4.13. The molecule has 4 aromatic rings. The average Bonchev–Trinajstić information content (AvgIpc) is 3.40. The summed E-state index contributed by atoms with van der Waals surface area (Å²) in [6.07, 6.45) is 8.92. The molecule has 0 aliphatic rings. The van der Waals surface area contributed by atoms with Crippen molar-refractivity contribution in [2.24, 2.45) is 0 Å². The van der Waals surface area contributed by atoms with Gasteiger partial charge in [0.15, 0.2) is 5.13 Å². The third-order valence-corrected chi connectivity index (χ3v) is 7.75. The minimum Gasteiger partial charge on any atom is -0.439 e. The fraction of sp³-hybridized carbons (Fsp3) is 0.371. The molecule has 44 heavy (non-hydrogen) atoms. The molecule has 0 bridgehead atoms. The number of fused-ring (bicyclic) bond motifs is 1. The molecule has 0 unspecified atom stereocenters. The van der Waals surface area contributed by atoms with Crippen molar-refractivity contribution in [2.75, 3.05) is 10.6 Å². The summed E-state index contributed by atoms with van der Waals surface area (Å²) >= 11 is 1.28. The smallest absolute Gasteiger partial charge is 0.255 e. The number of nitrogens with one attached hydrogen (secondary N) is 2. The predicted octanol–water partition coefficient (Wildman–Crippen LogP) is 9.23. The van der Waals surface area contributed by atoms with E-state index in [9.17, 15) is 14.0 Å². The van der Waals surface area contributed by atoms with Gasteiger partial charge in [-0.1, -0.05) is 69.1 Å². The van der Waals surface area contributed by atoms with Crippen LogP contribution >= 0.6 is 11.3 Å². The molecular weight excluding hydrogens is 575 g/mol. The van der Waals surface area contributed by atoms with Crippen molar-refractivity contribution in [1.29, 1.82) is 0 Å². The van der Waals surface area contributed by atoms with Gasteiger partial charge in [-0.15, -0.1) is 6.42 Å². The predicted molar refractivity (Wildman–Crippen MR) is 179 cm³/mol. The van der Waals surface area contributed by atoms with Crippen LogP contribution < -0.4 is 15.4 Å². The van der Waals surface area contributed by atoms with Gasteiger partial charge in [-0.05, 0) is 69.0 Å². The molecule has 2 N–H and O–H groups in total. The largest absolute Gasteiger partial charge is 0.439 e.